The predicted octanol–water partition coefficient (Wildman–Crippen LogP) is -0.907. The van der Waals surface area contributed by atoms with Crippen molar-refractivity contribution in [3.05, 3.63) is 0 Å². The summed E-state index contributed by atoms with van der Waals surface area (Å²) in [5, 5.41) is 9.13. The molecule has 0 bridgehead atoms. The van der Waals surface area contributed by atoms with E-state index in [1.54, 1.807) is 11.8 Å². The van der Waals surface area contributed by atoms with E-state index >= 15 is 0 Å². The van der Waals surface area contributed by atoms with Gasteiger partial charge in [0, 0.05) is 6.92 Å². The highest BCUT2D eigenvalue weighted by atomic mass is 16.4. The minimum atomic E-state index is -0.992. The van der Waals surface area contributed by atoms with Crippen LogP contribution in [0.15, 0.2) is 0 Å². The summed E-state index contributed by atoms with van der Waals surface area (Å²) in [6, 6.07) is 0. The first kappa shape index (κ1) is 13.4. The Labute approximate surface area is 99.1 Å². The van der Waals surface area contributed by atoms with Crippen molar-refractivity contribution in [2.24, 2.45) is 0 Å². The zero-order valence-electron chi connectivity index (χ0n) is 9.95. The molecule has 0 radical (unpaired) electrons. The molecule has 1 rings (SSSR count). The molecule has 0 aromatic heterocycles. The Morgan fingerprint density at radius 1 is 1.35 bits per heavy atom. The fourth-order valence-electron chi connectivity index (χ4n) is 1.89. The highest BCUT2D eigenvalue weighted by Gasteiger charge is 2.43. The SMILES string of the molecule is CC(=O)NNC(=O)CN1CCCC1(C)C(=O)O. The van der Waals surface area contributed by atoms with Crippen LogP contribution in [0.25, 0.3) is 0 Å². The average Bonchev–Trinajstić information content (AvgIpc) is 2.59. The van der Waals surface area contributed by atoms with E-state index < -0.39 is 17.4 Å². The number of carboxylic acids is 1. The highest BCUT2D eigenvalue weighted by molar-refractivity contribution is 5.84. The molecule has 1 unspecified atom stereocenters. The fourth-order valence-corrected chi connectivity index (χ4v) is 1.89. The minimum absolute atomic E-state index is 0.0386. The van der Waals surface area contributed by atoms with Crippen molar-refractivity contribution in [3.8, 4) is 0 Å². The van der Waals surface area contributed by atoms with E-state index in [-0.39, 0.29) is 12.5 Å². The van der Waals surface area contributed by atoms with Gasteiger partial charge >= 0.3 is 5.97 Å². The normalized spacial score (nSPS) is 24.4. The Hall–Kier alpha value is -1.63. The number of hydrazine groups is 1. The Bertz CT molecular complexity index is 344. The van der Waals surface area contributed by atoms with Gasteiger partial charge in [-0.15, -0.1) is 0 Å². The van der Waals surface area contributed by atoms with Crippen molar-refractivity contribution in [1.29, 1.82) is 0 Å². The van der Waals surface area contributed by atoms with Gasteiger partial charge in [0.1, 0.15) is 5.54 Å². The quantitative estimate of drug-likeness (QED) is 0.557. The molecule has 1 heterocycles. The lowest BCUT2D eigenvalue weighted by molar-refractivity contribution is -0.149. The minimum Gasteiger partial charge on any atom is -0.480 e. The Kier molecular flexibility index (Phi) is 4.06. The van der Waals surface area contributed by atoms with Gasteiger partial charge in [-0.25, -0.2) is 0 Å². The van der Waals surface area contributed by atoms with Crippen LogP contribution in [0.5, 0.6) is 0 Å². The number of hydrogen-bond acceptors (Lipinski definition) is 4. The van der Waals surface area contributed by atoms with E-state index in [0.717, 1.165) is 6.42 Å². The predicted molar refractivity (Wildman–Crippen MR) is 58.8 cm³/mol. The molecule has 0 aromatic rings. The van der Waals surface area contributed by atoms with Gasteiger partial charge in [0.15, 0.2) is 0 Å². The summed E-state index contributed by atoms with van der Waals surface area (Å²) in [6.45, 7) is 3.41. The molecule has 2 amide bonds. The van der Waals surface area contributed by atoms with E-state index in [0.29, 0.717) is 13.0 Å². The standard InChI is InChI=1S/C10H17N3O4/c1-7(14)11-12-8(15)6-13-5-3-4-10(13,2)9(16)17/h3-6H2,1-2H3,(H,11,14)(H,12,15)(H,16,17). The molecule has 0 spiro atoms. The molecule has 0 saturated carbocycles. The molecule has 7 nitrogen and oxygen atoms in total. The number of carbonyl (C=O) groups is 3. The maximum atomic E-state index is 11.5. The van der Waals surface area contributed by atoms with Crippen LogP contribution in [0.3, 0.4) is 0 Å². The molecule has 96 valence electrons. The third-order valence-electron chi connectivity index (χ3n) is 2.96. The number of amides is 2. The summed E-state index contributed by atoms with van der Waals surface area (Å²) in [4.78, 5) is 34.8. The summed E-state index contributed by atoms with van der Waals surface area (Å²) >= 11 is 0. The van der Waals surface area contributed by atoms with Gasteiger partial charge in [-0.3, -0.25) is 30.1 Å². The zero-order chi connectivity index (χ0) is 13.1. The van der Waals surface area contributed by atoms with Crippen molar-refractivity contribution in [2.75, 3.05) is 13.1 Å². The monoisotopic (exact) mass is 243 g/mol. The van der Waals surface area contributed by atoms with Crippen molar-refractivity contribution < 1.29 is 19.5 Å². The third kappa shape index (κ3) is 3.16. The van der Waals surface area contributed by atoms with Crippen LogP contribution in [-0.4, -0.2) is 46.4 Å². The molecule has 17 heavy (non-hydrogen) atoms. The van der Waals surface area contributed by atoms with Gasteiger partial charge in [-0.05, 0) is 26.3 Å². The summed E-state index contributed by atoms with van der Waals surface area (Å²) in [7, 11) is 0. The molecule has 0 aliphatic carbocycles. The number of carboxylic acid groups (broad SMARTS) is 1. The molecule has 1 fully saturated rings. The van der Waals surface area contributed by atoms with E-state index in [1.807, 2.05) is 0 Å². The van der Waals surface area contributed by atoms with Crippen LogP contribution in [0.1, 0.15) is 26.7 Å². The van der Waals surface area contributed by atoms with Crippen molar-refractivity contribution in [1.82, 2.24) is 15.8 Å². The second-order valence-electron chi connectivity index (χ2n) is 4.33. The van der Waals surface area contributed by atoms with Crippen LogP contribution in [0.4, 0.5) is 0 Å². The molecular formula is C10H17N3O4. The first-order chi connectivity index (χ1) is 7.86. The largest absolute Gasteiger partial charge is 0.480 e. The zero-order valence-corrected chi connectivity index (χ0v) is 9.95. The average molecular weight is 243 g/mol. The maximum absolute atomic E-state index is 11.5. The molecule has 0 aromatic carbocycles. The van der Waals surface area contributed by atoms with E-state index in [4.69, 9.17) is 5.11 Å². The molecule has 7 heteroatoms. The van der Waals surface area contributed by atoms with Crippen LogP contribution in [0.2, 0.25) is 0 Å². The number of carbonyl (C=O) groups excluding carboxylic acids is 2. The first-order valence-electron chi connectivity index (χ1n) is 5.40. The second-order valence-corrected chi connectivity index (χ2v) is 4.33. The fraction of sp³-hybridized carbons (Fsp3) is 0.700. The molecular weight excluding hydrogens is 226 g/mol. The van der Waals surface area contributed by atoms with Gasteiger partial charge in [-0.2, -0.15) is 0 Å². The number of aliphatic carboxylic acids is 1. The summed E-state index contributed by atoms with van der Waals surface area (Å²) in [6.07, 6.45) is 1.27. The summed E-state index contributed by atoms with van der Waals surface area (Å²) in [5.74, 6) is -1.72. The molecule has 1 atom stereocenters. The lowest BCUT2D eigenvalue weighted by Gasteiger charge is -2.30. The van der Waals surface area contributed by atoms with Crippen LogP contribution >= 0.6 is 0 Å². The van der Waals surface area contributed by atoms with Crippen LogP contribution in [0, 0.1) is 0 Å². The number of nitrogens with zero attached hydrogens (tertiary/aromatic N) is 1. The number of rotatable bonds is 3. The number of nitrogens with one attached hydrogen (secondary N) is 2. The molecule has 1 aliphatic rings. The van der Waals surface area contributed by atoms with E-state index in [2.05, 4.69) is 10.9 Å². The van der Waals surface area contributed by atoms with Crippen molar-refractivity contribution >= 4 is 17.8 Å². The molecule has 1 aliphatic heterocycles. The third-order valence-corrected chi connectivity index (χ3v) is 2.96. The maximum Gasteiger partial charge on any atom is 0.323 e. The lowest BCUT2D eigenvalue weighted by atomic mass is 9.99. The van der Waals surface area contributed by atoms with Crippen molar-refractivity contribution in [3.63, 3.8) is 0 Å². The first-order valence-corrected chi connectivity index (χ1v) is 5.40. The Balaban J connectivity index is 2.53. The highest BCUT2D eigenvalue weighted by Crippen LogP contribution is 2.28. The number of likely N-dealkylation sites (tertiary alicyclic amines) is 1. The topological polar surface area (TPSA) is 98.7 Å². The Morgan fingerprint density at radius 2 is 2.00 bits per heavy atom. The van der Waals surface area contributed by atoms with Gasteiger partial charge in [0.25, 0.3) is 5.91 Å². The van der Waals surface area contributed by atoms with Gasteiger partial charge in [0.2, 0.25) is 5.91 Å². The molecule has 1 saturated heterocycles. The van der Waals surface area contributed by atoms with E-state index in [9.17, 15) is 14.4 Å². The van der Waals surface area contributed by atoms with Crippen LogP contribution < -0.4 is 10.9 Å². The number of hydrogen-bond donors (Lipinski definition) is 3. The van der Waals surface area contributed by atoms with E-state index in [1.165, 1.54) is 6.92 Å². The van der Waals surface area contributed by atoms with Gasteiger partial charge < -0.3 is 5.11 Å². The molecule has 3 N–H and O–H groups in total. The van der Waals surface area contributed by atoms with Gasteiger partial charge in [0.05, 0.1) is 6.54 Å². The van der Waals surface area contributed by atoms with Crippen LogP contribution in [-0.2, 0) is 14.4 Å². The Morgan fingerprint density at radius 3 is 2.53 bits per heavy atom. The second kappa shape index (κ2) is 5.13. The van der Waals surface area contributed by atoms with Gasteiger partial charge in [-0.1, -0.05) is 0 Å². The van der Waals surface area contributed by atoms with Crippen molar-refractivity contribution in [2.45, 2.75) is 32.2 Å². The smallest absolute Gasteiger partial charge is 0.323 e. The summed E-state index contributed by atoms with van der Waals surface area (Å²) < 4.78 is 0. The summed E-state index contributed by atoms with van der Waals surface area (Å²) in [5.41, 5.74) is 3.38. The lowest BCUT2D eigenvalue weighted by Crippen LogP contribution is -2.53.